The van der Waals surface area contributed by atoms with E-state index in [1.54, 1.807) is 35.7 Å². The Labute approximate surface area is 223 Å². The number of pyridine rings is 1. The molecule has 37 heavy (non-hydrogen) atoms. The van der Waals surface area contributed by atoms with Crippen LogP contribution in [-0.2, 0) is 0 Å². The topological polar surface area (TPSA) is 41.1 Å². The van der Waals surface area contributed by atoms with E-state index in [1.807, 2.05) is 19.1 Å². The zero-order valence-corrected chi connectivity index (χ0v) is 22.2. The Balaban J connectivity index is 1.51. The van der Waals surface area contributed by atoms with Crippen LogP contribution in [0.5, 0.6) is 0 Å². The van der Waals surface area contributed by atoms with Crippen LogP contribution in [0.25, 0.3) is 21.7 Å². The molecular formula is C28H27F3N4S2. The molecule has 0 atom stereocenters. The second-order valence-corrected chi connectivity index (χ2v) is 10.9. The van der Waals surface area contributed by atoms with Crippen LogP contribution >= 0.6 is 23.3 Å². The number of nitrogens with one attached hydrogen (secondary N) is 1. The number of rotatable bonds is 7. The van der Waals surface area contributed by atoms with Gasteiger partial charge in [0.1, 0.15) is 11.6 Å². The van der Waals surface area contributed by atoms with Crippen LogP contribution < -0.4 is 4.72 Å². The molecule has 0 saturated carbocycles. The molecule has 4 aromatic rings. The van der Waals surface area contributed by atoms with Crippen LogP contribution in [0.3, 0.4) is 0 Å². The van der Waals surface area contributed by atoms with Crippen LogP contribution in [0.2, 0.25) is 0 Å². The zero-order valence-electron chi connectivity index (χ0n) is 20.6. The van der Waals surface area contributed by atoms with Crippen molar-refractivity contribution in [2.75, 3.05) is 24.4 Å². The lowest BCUT2D eigenvalue weighted by Crippen LogP contribution is -2.32. The number of aryl methyl sites for hydroxylation is 1. The molecule has 0 unspecified atom stereocenters. The average molecular weight is 541 g/mol. The number of likely N-dealkylation sites (tertiary alicyclic amines) is 1. The van der Waals surface area contributed by atoms with Crippen molar-refractivity contribution in [3.8, 4) is 21.7 Å². The summed E-state index contributed by atoms with van der Waals surface area (Å²) in [7, 11) is 0. The van der Waals surface area contributed by atoms with Crippen molar-refractivity contribution in [3.05, 3.63) is 82.9 Å². The number of benzene rings is 2. The maximum atomic E-state index is 15.9. The molecule has 9 heteroatoms. The van der Waals surface area contributed by atoms with E-state index in [-0.39, 0.29) is 10.6 Å². The summed E-state index contributed by atoms with van der Waals surface area (Å²) in [5.41, 5.74) is 2.95. The number of nitrogens with zero attached hydrogens (tertiary/aromatic N) is 3. The van der Waals surface area contributed by atoms with Crippen molar-refractivity contribution < 1.29 is 13.2 Å². The molecule has 2 aromatic heterocycles. The average Bonchev–Trinajstić information content (AvgIpc) is 3.35. The van der Waals surface area contributed by atoms with Crippen molar-refractivity contribution in [2.24, 2.45) is 0 Å². The van der Waals surface area contributed by atoms with Gasteiger partial charge in [0, 0.05) is 23.4 Å². The minimum absolute atomic E-state index is 0.0483. The number of aromatic nitrogens is 2. The largest absolute Gasteiger partial charge is 0.323 e. The Morgan fingerprint density at radius 1 is 1.08 bits per heavy atom. The van der Waals surface area contributed by atoms with E-state index in [1.165, 1.54) is 0 Å². The molecule has 0 spiro atoms. The fraction of sp³-hybridized carbons (Fsp3) is 0.286. The molecule has 1 fully saturated rings. The Morgan fingerprint density at radius 2 is 1.89 bits per heavy atom. The molecular weight excluding hydrogens is 513 g/mol. The van der Waals surface area contributed by atoms with Gasteiger partial charge in [-0.1, -0.05) is 13.0 Å². The van der Waals surface area contributed by atoms with Gasteiger partial charge >= 0.3 is 0 Å². The highest BCUT2D eigenvalue weighted by Gasteiger charge is 2.26. The predicted octanol–water partition coefficient (Wildman–Crippen LogP) is 7.92. The van der Waals surface area contributed by atoms with E-state index in [0.717, 1.165) is 83.8 Å². The molecule has 1 aliphatic rings. The summed E-state index contributed by atoms with van der Waals surface area (Å²) in [5.74, 6) is -1.29. The predicted molar refractivity (Wildman–Crippen MR) is 145 cm³/mol. The van der Waals surface area contributed by atoms with Gasteiger partial charge in [0.2, 0.25) is 0 Å². The van der Waals surface area contributed by atoms with Gasteiger partial charge in [-0.2, -0.15) is 0 Å². The maximum absolute atomic E-state index is 15.9. The first-order valence-corrected chi connectivity index (χ1v) is 13.9. The third-order valence-electron chi connectivity index (χ3n) is 6.60. The normalized spacial score (nSPS) is 14.7. The highest BCUT2D eigenvalue weighted by molar-refractivity contribution is 8.00. The number of thiazole rings is 1. The first kappa shape index (κ1) is 25.8. The highest BCUT2D eigenvalue weighted by Crippen LogP contribution is 2.43. The number of piperidine rings is 1. The molecule has 2 aromatic carbocycles. The molecule has 3 heterocycles. The van der Waals surface area contributed by atoms with E-state index >= 15 is 4.39 Å². The lowest BCUT2D eigenvalue weighted by Gasteiger charge is -2.29. The van der Waals surface area contributed by atoms with E-state index in [2.05, 4.69) is 21.5 Å². The van der Waals surface area contributed by atoms with Gasteiger partial charge in [-0.3, -0.25) is 4.98 Å². The van der Waals surface area contributed by atoms with Crippen LogP contribution in [0.15, 0.2) is 59.6 Å². The summed E-state index contributed by atoms with van der Waals surface area (Å²) in [6.45, 7) is 7.21. The maximum Gasteiger partial charge on any atom is 0.156 e. The van der Waals surface area contributed by atoms with Crippen LogP contribution in [0.1, 0.15) is 36.4 Å². The molecule has 1 saturated heterocycles. The van der Waals surface area contributed by atoms with Crippen molar-refractivity contribution in [1.29, 1.82) is 0 Å². The smallest absolute Gasteiger partial charge is 0.156 e. The minimum atomic E-state index is -0.580. The lowest BCUT2D eigenvalue weighted by molar-refractivity contribution is 0.222. The summed E-state index contributed by atoms with van der Waals surface area (Å²) in [6, 6.07) is 12.1. The summed E-state index contributed by atoms with van der Waals surface area (Å²) in [5, 5.41) is 1.02. The van der Waals surface area contributed by atoms with Gasteiger partial charge in [0.15, 0.2) is 5.82 Å². The monoisotopic (exact) mass is 540 g/mol. The first-order valence-electron chi connectivity index (χ1n) is 12.3. The molecule has 1 aliphatic heterocycles. The number of anilines is 1. The van der Waals surface area contributed by atoms with E-state index in [9.17, 15) is 8.78 Å². The third-order valence-corrected chi connectivity index (χ3v) is 8.73. The Bertz CT molecular complexity index is 1400. The summed E-state index contributed by atoms with van der Waals surface area (Å²) < 4.78 is 46.4. The molecule has 0 bridgehead atoms. The molecule has 0 radical (unpaired) electrons. The zero-order chi connectivity index (χ0) is 25.9. The Morgan fingerprint density at radius 3 is 2.65 bits per heavy atom. The molecule has 0 amide bonds. The van der Waals surface area contributed by atoms with Crippen LogP contribution in [0.4, 0.5) is 18.9 Å². The summed E-state index contributed by atoms with van der Waals surface area (Å²) >= 11 is 2.45. The number of hydrogen-bond donors (Lipinski definition) is 1. The van der Waals surface area contributed by atoms with Gasteiger partial charge in [0.05, 0.1) is 26.2 Å². The molecule has 0 aliphatic carbocycles. The summed E-state index contributed by atoms with van der Waals surface area (Å²) in [4.78, 5) is 12.7. The van der Waals surface area contributed by atoms with E-state index in [0.29, 0.717) is 17.2 Å². The van der Waals surface area contributed by atoms with Gasteiger partial charge in [0.25, 0.3) is 0 Å². The molecule has 192 valence electrons. The van der Waals surface area contributed by atoms with Gasteiger partial charge in [-0.25, -0.2) is 18.2 Å². The minimum Gasteiger partial charge on any atom is -0.323 e. The van der Waals surface area contributed by atoms with Gasteiger partial charge in [-0.05, 0) is 99.4 Å². The molecule has 1 N–H and O–H groups in total. The van der Waals surface area contributed by atoms with Gasteiger partial charge in [-0.15, -0.1) is 11.3 Å². The van der Waals surface area contributed by atoms with Crippen molar-refractivity contribution >= 4 is 29.0 Å². The SMILES string of the molecule is CCN1CCC(c2nc(-c3cccc(NSc4cc(F)ccc4F)c3F)c(-c3ccnc(C)c3)s2)CC1. The summed E-state index contributed by atoms with van der Waals surface area (Å²) in [6.07, 6.45) is 3.80. The van der Waals surface area contributed by atoms with Crippen LogP contribution in [0, 0.1) is 24.4 Å². The molecule has 4 nitrogen and oxygen atoms in total. The number of hydrogen-bond acceptors (Lipinski definition) is 6. The first-order chi connectivity index (χ1) is 17.9. The quantitative estimate of drug-likeness (QED) is 0.241. The second-order valence-electron chi connectivity index (χ2n) is 9.07. The lowest BCUT2D eigenvalue weighted by atomic mass is 9.97. The Kier molecular flexibility index (Phi) is 7.83. The third kappa shape index (κ3) is 5.68. The van der Waals surface area contributed by atoms with Crippen molar-refractivity contribution in [3.63, 3.8) is 0 Å². The standard InChI is InChI=1S/C28H27F3N4S2/c1-3-35-13-10-18(11-14-35)28-33-26(27(36-28)19-9-12-32-17(2)15-19)21-5-4-6-23(25(21)31)34-37-24-16-20(29)7-8-22(24)30/h4-9,12,15-16,18,34H,3,10-11,13-14H2,1-2H3. The van der Waals surface area contributed by atoms with Crippen molar-refractivity contribution in [2.45, 2.75) is 37.5 Å². The van der Waals surface area contributed by atoms with Crippen molar-refractivity contribution in [1.82, 2.24) is 14.9 Å². The highest BCUT2D eigenvalue weighted by atomic mass is 32.2. The van der Waals surface area contributed by atoms with Crippen LogP contribution in [-0.4, -0.2) is 34.5 Å². The van der Waals surface area contributed by atoms with E-state index in [4.69, 9.17) is 4.98 Å². The fourth-order valence-electron chi connectivity index (χ4n) is 4.53. The van der Waals surface area contributed by atoms with E-state index < -0.39 is 17.5 Å². The second kappa shape index (κ2) is 11.2. The Hall–Kier alpha value is -2.88. The molecule has 5 rings (SSSR count). The van der Waals surface area contributed by atoms with Gasteiger partial charge < -0.3 is 9.62 Å². The number of halogens is 3. The fourth-order valence-corrected chi connectivity index (χ4v) is 6.49.